The van der Waals surface area contributed by atoms with Gasteiger partial charge in [-0.3, -0.25) is 4.79 Å². The van der Waals surface area contributed by atoms with Gasteiger partial charge in [-0.05, 0) is 20.8 Å². The van der Waals surface area contributed by atoms with Gasteiger partial charge in [-0.15, -0.1) is 0 Å². The molecule has 0 unspecified atom stereocenters. The van der Waals surface area contributed by atoms with Crippen LogP contribution < -0.4 is 10.6 Å². The quantitative estimate of drug-likeness (QED) is 0.837. The molecule has 2 N–H and O–H groups in total. The molecule has 0 saturated carbocycles. The highest BCUT2D eigenvalue weighted by Crippen LogP contribution is 2.29. The fourth-order valence-electron chi connectivity index (χ4n) is 2.16. The van der Waals surface area contributed by atoms with Gasteiger partial charge in [0, 0.05) is 26.2 Å². The number of rotatable bonds is 2. The Morgan fingerprint density at radius 3 is 2.56 bits per heavy atom. The number of carbonyl (C=O) groups is 1. The molecule has 18 heavy (non-hydrogen) atoms. The van der Waals surface area contributed by atoms with Crippen LogP contribution in [0.1, 0.15) is 25.6 Å². The molecule has 2 heterocycles. The minimum absolute atomic E-state index is 0.120. The summed E-state index contributed by atoms with van der Waals surface area (Å²) in [6.45, 7) is 7.92. The van der Waals surface area contributed by atoms with E-state index in [2.05, 4.69) is 18.9 Å². The third kappa shape index (κ3) is 2.02. The monoisotopic (exact) mass is 251 g/mol. The summed E-state index contributed by atoms with van der Waals surface area (Å²) in [5.74, 6) is 0.999. The maximum atomic E-state index is 11.8. The fourth-order valence-corrected chi connectivity index (χ4v) is 2.16. The van der Waals surface area contributed by atoms with Crippen molar-refractivity contribution in [3.8, 4) is 0 Å². The topological polar surface area (TPSA) is 67.4 Å². The number of carbonyl (C=O) groups excluding carboxylic acids is 1. The molecule has 0 atom stereocenters. The molecule has 0 aromatic carbocycles. The van der Waals surface area contributed by atoms with Crippen LogP contribution in [0.5, 0.6) is 0 Å². The Kier molecular flexibility index (Phi) is 3.19. The van der Waals surface area contributed by atoms with Crippen molar-refractivity contribution in [2.45, 2.75) is 26.8 Å². The number of likely N-dealkylation sites (N-methyl/N-ethyl adjacent to an activating group) is 1. The summed E-state index contributed by atoms with van der Waals surface area (Å²) >= 11 is 0. The van der Waals surface area contributed by atoms with Crippen LogP contribution in [0.3, 0.4) is 0 Å². The first-order valence-electron chi connectivity index (χ1n) is 6.25. The van der Waals surface area contributed by atoms with Gasteiger partial charge < -0.3 is 15.5 Å². The molecule has 1 saturated heterocycles. The predicted molar refractivity (Wildman–Crippen MR) is 71.6 cm³/mol. The van der Waals surface area contributed by atoms with E-state index in [0.29, 0.717) is 12.2 Å². The molecule has 1 aliphatic rings. The van der Waals surface area contributed by atoms with E-state index in [-0.39, 0.29) is 11.9 Å². The van der Waals surface area contributed by atoms with Gasteiger partial charge in [0.25, 0.3) is 0 Å². The second kappa shape index (κ2) is 4.51. The number of piperazine rings is 1. The molecule has 1 aromatic heterocycles. The zero-order valence-electron chi connectivity index (χ0n) is 11.5. The largest absolute Gasteiger partial charge is 0.394 e. The number of anilines is 2. The number of amides is 1. The lowest BCUT2D eigenvalue weighted by molar-refractivity contribution is -0.129. The van der Waals surface area contributed by atoms with E-state index in [4.69, 9.17) is 5.73 Å². The molecular formula is C12H21N5O. The van der Waals surface area contributed by atoms with Crippen LogP contribution in [-0.4, -0.2) is 47.3 Å². The average Bonchev–Trinajstić information content (AvgIpc) is 2.60. The highest BCUT2D eigenvalue weighted by Gasteiger charge is 2.27. The van der Waals surface area contributed by atoms with E-state index < -0.39 is 0 Å². The van der Waals surface area contributed by atoms with E-state index in [1.165, 1.54) is 0 Å². The maximum absolute atomic E-state index is 11.8. The summed E-state index contributed by atoms with van der Waals surface area (Å²) < 4.78 is 1.91. The molecule has 1 amide bonds. The molecule has 0 radical (unpaired) electrons. The minimum atomic E-state index is 0.120. The predicted octanol–water partition coefficient (Wildman–Crippen LogP) is 0.633. The Hall–Kier alpha value is -1.72. The van der Waals surface area contributed by atoms with Gasteiger partial charge in [0.05, 0.1) is 17.9 Å². The van der Waals surface area contributed by atoms with Crippen LogP contribution in [0.25, 0.3) is 0 Å². The highest BCUT2D eigenvalue weighted by atomic mass is 16.2. The van der Waals surface area contributed by atoms with E-state index in [9.17, 15) is 4.79 Å². The van der Waals surface area contributed by atoms with Crippen LogP contribution in [-0.2, 0) is 4.79 Å². The molecular weight excluding hydrogens is 230 g/mol. The molecule has 6 heteroatoms. The van der Waals surface area contributed by atoms with Crippen LogP contribution in [0.4, 0.5) is 11.5 Å². The summed E-state index contributed by atoms with van der Waals surface area (Å²) in [4.78, 5) is 15.6. The van der Waals surface area contributed by atoms with Gasteiger partial charge in [-0.1, -0.05) is 0 Å². The van der Waals surface area contributed by atoms with Gasteiger partial charge in [0.1, 0.15) is 0 Å². The third-order valence-electron chi connectivity index (χ3n) is 3.35. The fraction of sp³-hybridized carbons (Fsp3) is 0.667. The van der Waals surface area contributed by atoms with Gasteiger partial charge in [-0.2, -0.15) is 5.10 Å². The van der Waals surface area contributed by atoms with Crippen LogP contribution >= 0.6 is 0 Å². The van der Waals surface area contributed by atoms with Crippen molar-refractivity contribution in [2.75, 3.05) is 37.3 Å². The molecule has 0 spiro atoms. The van der Waals surface area contributed by atoms with Gasteiger partial charge in [0.2, 0.25) is 5.91 Å². The van der Waals surface area contributed by atoms with Crippen molar-refractivity contribution in [1.29, 1.82) is 0 Å². The normalized spacial score (nSPS) is 16.8. The molecule has 1 aromatic rings. The van der Waals surface area contributed by atoms with Gasteiger partial charge in [-0.25, -0.2) is 4.68 Å². The smallest absolute Gasteiger partial charge is 0.241 e. The second-order valence-electron chi connectivity index (χ2n) is 5.10. The first kappa shape index (κ1) is 12.7. The van der Waals surface area contributed by atoms with Crippen LogP contribution in [0.2, 0.25) is 0 Å². The first-order chi connectivity index (χ1) is 8.41. The lowest BCUT2D eigenvalue weighted by Gasteiger charge is -2.34. The first-order valence-corrected chi connectivity index (χ1v) is 6.25. The third-order valence-corrected chi connectivity index (χ3v) is 3.35. The van der Waals surface area contributed by atoms with Gasteiger partial charge in [0.15, 0.2) is 5.82 Å². The van der Waals surface area contributed by atoms with E-state index in [0.717, 1.165) is 24.6 Å². The Morgan fingerprint density at radius 1 is 1.33 bits per heavy atom. The van der Waals surface area contributed by atoms with Crippen LogP contribution in [0, 0.1) is 6.92 Å². The number of nitrogens with zero attached hydrogens (tertiary/aromatic N) is 4. The second-order valence-corrected chi connectivity index (χ2v) is 5.10. The van der Waals surface area contributed by atoms with Gasteiger partial charge >= 0.3 is 0 Å². The molecule has 0 bridgehead atoms. The Bertz CT molecular complexity index is 465. The van der Waals surface area contributed by atoms with Crippen molar-refractivity contribution in [3.63, 3.8) is 0 Å². The molecule has 0 aliphatic carbocycles. The van der Waals surface area contributed by atoms with Crippen molar-refractivity contribution in [3.05, 3.63) is 5.69 Å². The average molecular weight is 251 g/mol. The van der Waals surface area contributed by atoms with Crippen molar-refractivity contribution >= 4 is 17.4 Å². The summed E-state index contributed by atoms with van der Waals surface area (Å²) in [5.41, 5.74) is 7.61. The number of nitrogen functional groups attached to an aromatic ring is 1. The Labute approximate surface area is 107 Å². The highest BCUT2D eigenvalue weighted by molar-refractivity contribution is 5.84. The Morgan fingerprint density at radius 2 is 2.00 bits per heavy atom. The van der Waals surface area contributed by atoms with E-state index in [1.807, 2.05) is 23.6 Å². The molecule has 100 valence electrons. The lowest BCUT2D eigenvalue weighted by atomic mass is 10.3. The number of nitrogens with two attached hydrogens (primary N) is 1. The summed E-state index contributed by atoms with van der Waals surface area (Å²) in [5, 5.41) is 4.45. The zero-order chi connectivity index (χ0) is 13.4. The SMILES string of the molecule is Cc1nn(C(C)C)c(N2CCN(C)C(=O)C2)c1N. The number of hydrogen-bond acceptors (Lipinski definition) is 4. The summed E-state index contributed by atoms with van der Waals surface area (Å²) in [6, 6.07) is 0.228. The summed E-state index contributed by atoms with van der Waals surface area (Å²) in [7, 11) is 1.83. The van der Waals surface area contributed by atoms with Crippen LogP contribution in [0.15, 0.2) is 0 Å². The number of hydrogen-bond donors (Lipinski definition) is 1. The lowest BCUT2D eigenvalue weighted by Crippen LogP contribution is -2.49. The molecule has 1 aliphatic heterocycles. The van der Waals surface area contributed by atoms with E-state index in [1.54, 1.807) is 4.90 Å². The standard InChI is InChI=1S/C12H21N5O/c1-8(2)17-12(11(13)9(3)14-17)16-6-5-15(4)10(18)7-16/h8H,5-7,13H2,1-4H3. The minimum Gasteiger partial charge on any atom is -0.394 e. The number of aromatic nitrogens is 2. The zero-order valence-corrected chi connectivity index (χ0v) is 11.5. The molecule has 1 fully saturated rings. The van der Waals surface area contributed by atoms with E-state index >= 15 is 0 Å². The molecule has 6 nitrogen and oxygen atoms in total. The summed E-state index contributed by atoms with van der Waals surface area (Å²) in [6.07, 6.45) is 0. The van der Waals surface area contributed by atoms with Crippen molar-refractivity contribution in [1.82, 2.24) is 14.7 Å². The van der Waals surface area contributed by atoms with Crippen molar-refractivity contribution in [2.24, 2.45) is 0 Å². The molecule has 2 rings (SSSR count). The maximum Gasteiger partial charge on any atom is 0.241 e. The number of aryl methyl sites for hydroxylation is 1. The van der Waals surface area contributed by atoms with Crippen molar-refractivity contribution < 1.29 is 4.79 Å². The Balaban J connectivity index is 2.36.